The lowest BCUT2D eigenvalue weighted by atomic mass is 10.2. The van der Waals surface area contributed by atoms with E-state index in [1.807, 2.05) is 0 Å². The Morgan fingerprint density at radius 2 is 2.24 bits per heavy atom. The normalized spacial score (nSPS) is 9.65. The molecular weight excluding hydrogens is 224 g/mol. The first-order chi connectivity index (χ1) is 8.06. The van der Waals surface area contributed by atoms with Gasteiger partial charge in [-0.15, -0.1) is 6.58 Å². The molecule has 17 heavy (non-hydrogen) atoms. The number of nitrogens with zero attached hydrogens (tertiary/aromatic N) is 1. The van der Waals surface area contributed by atoms with Crippen molar-refractivity contribution in [2.24, 2.45) is 0 Å². The van der Waals surface area contributed by atoms with Gasteiger partial charge >= 0.3 is 5.97 Å². The highest BCUT2D eigenvalue weighted by atomic mass is 16.4. The topological polar surface area (TPSA) is 90.5 Å². The number of rotatable bonds is 5. The van der Waals surface area contributed by atoms with Gasteiger partial charge in [-0.2, -0.15) is 0 Å². The van der Waals surface area contributed by atoms with Crippen LogP contribution in [-0.4, -0.2) is 40.0 Å². The molecule has 0 aromatic carbocycles. The number of aliphatic carboxylic acids is 1. The summed E-state index contributed by atoms with van der Waals surface area (Å²) in [6.45, 7) is 3.03. The number of carbonyl (C=O) groups is 2. The monoisotopic (exact) mass is 236 g/mol. The summed E-state index contributed by atoms with van der Waals surface area (Å²) >= 11 is 0. The smallest absolute Gasteiger partial charge is 0.323 e. The number of aromatic nitrogens is 1. The average molecular weight is 236 g/mol. The summed E-state index contributed by atoms with van der Waals surface area (Å²) in [7, 11) is 0. The third-order valence-electron chi connectivity index (χ3n) is 2.01. The van der Waals surface area contributed by atoms with E-state index in [9.17, 15) is 14.4 Å². The summed E-state index contributed by atoms with van der Waals surface area (Å²) in [5.74, 6) is -1.78. The van der Waals surface area contributed by atoms with Gasteiger partial charge < -0.3 is 15.0 Å². The lowest BCUT2D eigenvalue weighted by molar-refractivity contribution is -0.137. The van der Waals surface area contributed by atoms with Crippen LogP contribution in [0.1, 0.15) is 10.4 Å². The van der Waals surface area contributed by atoms with Gasteiger partial charge in [-0.3, -0.25) is 14.4 Å². The van der Waals surface area contributed by atoms with Crippen molar-refractivity contribution in [2.75, 3.05) is 13.1 Å². The molecule has 0 unspecified atom stereocenters. The van der Waals surface area contributed by atoms with Crippen molar-refractivity contribution in [1.82, 2.24) is 9.88 Å². The van der Waals surface area contributed by atoms with Gasteiger partial charge in [-0.05, 0) is 12.1 Å². The van der Waals surface area contributed by atoms with Crippen molar-refractivity contribution in [3.05, 3.63) is 46.9 Å². The molecule has 0 aliphatic carbocycles. The molecular formula is C11H12N2O4. The Kier molecular flexibility index (Phi) is 4.21. The fourth-order valence-electron chi connectivity index (χ4n) is 1.30. The first-order valence-electron chi connectivity index (χ1n) is 4.86. The van der Waals surface area contributed by atoms with E-state index in [2.05, 4.69) is 11.6 Å². The molecule has 6 heteroatoms. The van der Waals surface area contributed by atoms with E-state index < -0.39 is 24.0 Å². The third kappa shape index (κ3) is 3.30. The highest BCUT2D eigenvalue weighted by molar-refractivity contribution is 5.95. The highest BCUT2D eigenvalue weighted by Crippen LogP contribution is 1.99. The Morgan fingerprint density at radius 1 is 1.53 bits per heavy atom. The van der Waals surface area contributed by atoms with Gasteiger partial charge in [-0.25, -0.2) is 0 Å². The lowest BCUT2D eigenvalue weighted by Crippen LogP contribution is -2.38. The Labute approximate surface area is 97.2 Å². The maximum absolute atomic E-state index is 11.9. The molecule has 90 valence electrons. The van der Waals surface area contributed by atoms with E-state index in [1.54, 1.807) is 0 Å². The van der Waals surface area contributed by atoms with E-state index in [4.69, 9.17) is 5.11 Å². The molecule has 0 atom stereocenters. The van der Waals surface area contributed by atoms with Crippen molar-refractivity contribution in [3.8, 4) is 0 Å². The number of pyridine rings is 1. The number of H-pyrrole nitrogens is 1. The molecule has 0 saturated heterocycles. The van der Waals surface area contributed by atoms with Crippen molar-refractivity contribution in [3.63, 3.8) is 0 Å². The van der Waals surface area contributed by atoms with Gasteiger partial charge in [0.2, 0.25) is 0 Å². The zero-order valence-electron chi connectivity index (χ0n) is 9.05. The van der Waals surface area contributed by atoms with Gasteiger partial charge in [-0.1, -0.05) is 6.08 Å². The first-order valence-corrected chi connectivity index (χ1v) is 4.86. The van der Waals surface area contributed by atoms with Crippen LogP contribution in [0.25, 0.3) is 0 Å². The highest BCUT2D eigenvalue weighted by Gasteiger charge is 2.19. The molecule has 0 saturated carbocycles. The number of carboxylic acid groups (broad SMARTS) is 1. The molecule has 1 rings (SSSR count). The maximum atomic E-state index is 11.9. The molecule has 0 fully saturated rings. The van der Waals surface area contributed by atoms with Crippen molar-refractivity contribution in [2.45, 2.75) is 0 Å². The molecule has 0 aliphatic rings. The minimum absolute atomic E-state index is 0.0689. The van der Waals surface area contributed by atoms with E-state index in [-0.39, 0.29) is 12.1 Å². The molecule has 6 nitrogen and oxygen atoms in total. The number of hydrogen-bond donors (Lipinski definition) is 2. The van der Waals surface area contributed by atoms with Crippen LogP contribution in [0.15, 0.2) is 35.8 Å². The van der Waals surface area contributed by atoms with Gasteiger partial charge in [0, 0.05) is 12.7 Å². The number of amides is 1. The van der Waals surface area contributed by atoms with Crippen LogP contribution in [0.2, 0.25) is 0 Å². The Morgan fingerprint density at radius 3 is 2.76 bits per heavy atom. The minimum atomic E-state index is -1.15. The zero-order chi connectivity index (χ0) is 12.8. The van der Waals surface area contributed by atoms with Crippen LogP contribution < -0.4 is 5.56 Å². The summed E-state index contributed by atoms with van der Waals surface area (Å²) in [6.07, 6.45) is 2.80. The number of nitrogens with one attached hydrogen (secondary N) is 1. The average Bonchev–Trinajstić information content (AvgIpc) is 2.28. The Hall–Kier alpha value is -2.37. The number of hydrogen-bond acceptors (Lipinski definition) is 3. The van der Waals surface area contributed by atoms with Crippen LogP contribution in [0, 0.1) is 0 Å². The third-order valence-corrected chi connectivity index (χ3v) is 2.01. The molecule has 1 amide bonds. The van der Waals surface area contributed by atoms with Crippen molar-refractivity contribution in [1.29, 1.82) is 0 Å². The summed E-state index contributed by atoms with van der Waals surface area (Å²) in [4.78, 5) is 37.2. The largest absolute Gasteiger partial charge is 0.480 e. The van der Waals surface area contributed by atoms with Crippen LogP contribution in [0.4, 0.5) is 0 Å². The van der Waals surface area contributed by atoms with Crippen LogP contribution in [0.5, 0.6) is 0 Å². The second kappa shape index (κ2) is 5.64. The Balaban J connectivity index is 2.99. The van der Waals surface area contributed by atoms with Crippen LogP contribution in [0.3, 0.4) is 0 Å². The zero-order valence-corrected chi connectivity index (χ0v) is 9.05. The fourth-order valence-corrected chi connectivity index (χ4v) is 1.30. The molecule has 2 N–H and O–H groups in total. The summed E-state index contributed by atoms with van der Waals surface area (Å²) in [5.41, 5.74) is -0.632. The molecule has 1 aromatic heterocycles. The minimum Gasteiger partial charge on any atom is -0.480 e. The van der Waals surface area contributed by atoms with E-state index in [0.717, 1.165) is 4.90 Å². The predicted molar refractivity (Wildman–Crippen MR) is 60.8 cm³/mol. The SMILES string of the molecule is C=CCN(CC(=O)O)C(=O)c1ccc[nH]c1=O. The van der Waals surface area contributed by atoms with Gasteiger partial charge in [0.1, 0.15) is 12.1 Å². The van der Waals surface area contributed by atoms with Gasteiger partial charge in [0.15, 0.2) is 0 Å². The molecule has 0 bridgehead atoms. The standard InChI is InChI=1S/C11H12N2O4/c1-2-6-13(7-9(14)15)11(17)8-4-3-5-12-10(8)16/h2-5H,1,6-7H2,(H,12,16)(H,14,15). The van der Waals surface area contributed by atoms with E-state index in [1.165, 1.54) is 24.4 Å². The quantitative estimate of drug-likeness (QED) is 0.709. The van der Waals surface area contributed by atoms with Crippen LogP contribution in [-0.2, 0) is 4.79 Å². The number of carbonyl (C=O) groups excluding carboxylic acids is 1. The number of aromatic amines is 1. The van der Waals surface area contributed by atoms with Gasteiger partial charge in [0.25, 0.3) is 11.5 Å². The molecule has 1 aromatic rings. The summed E-state index contributed by atoms with van der Waals surface area (Å²) < 4.78 is 0. The molecule has 0 aliphatic heterocycles. The molecule has 1 heterocycles. The Bertz CT molecular complexity index is 492. The maximum Gasteiger partial charge on any atom is 0.323 e. The van der Waals surface area contributed by atoms with E-state index in [0.29, 0.717) is 0 Å². The van der Waals surface area contributed by atoms with E-state index >= 15 is 0 Å². The second-order valence-corrected chi connectivity index (χ2v) is 3.28. The fraction of sp³-hybridized carbons (Fsp3) is 0.182. The number of carboxylic acids is 1. The molecule has 0 radical (unpaired) electrons. The van der Waals surface area contributed by atoms with Gasteiger partial charge in [0.05, 0.1) is 0 Å². The summed E-state index contributed by atoms with van der Waals surface area (Å²) in [6, 6.07) is 2.85. The van der Waals surface area contributed by atoms with Crippen molar-refractivity contribution < 1.29 is 14.7 Å². The van der Waals surface area contributed by atoms with Crippen molar-refractivity contribution >= 4 is 11.9 Å². The predicted octanol–water partition coefficient (Wildman–Crippen LogP) is 0.0877. The van der Waals surface area contributed by atoms with Crippen LogP contribution >= 0.6 is 0 Å². The summed E-state index contributed by atoms with van der Waals surface area (Å²) in [5, 5.41) is 8.66. The lowest BCUT2D eigenvalue weighted by Gasteiger charge is -2.18. The second-order valence-electron chi connectivity index (χ2n) is 3.28. The first kappa shape index (κ1) is 12.7. The molecule has 0 spiro atoms.